The average molecular weight is 338 g/mol. The minimum absolute atomic E-state index is 0.620. The quantitative estimate of drug-likeness (QED) is 0.697. The molecule has 0 radical (unpaired) electrons. The summed E-state index contributed by atoms with van der Waals surface area (Å²) in [5.41, 5.74) is 1.28. The van der Waals surface area contributed by atoms with Gasteiger partial charge in [-0.2, -0.15) is 0 Å². The molecule has 3 aromatic rings. The standard InChI is InChI=1S/C17H18N6S/c1-2-5-13(6-3-1)12-24-17-11-18-9-14(20-17)19-10-16-22-21-15-7-4-8-23(15)16/h1-3,5-6,9,11H,4,7-8,10,12H2,(H,19,20). The van der Waals surface area contributed by atoms with Crippen LogP contribution < -0.4 is 5.32 Å². The van der Waals surface area contributed by atoms with E-state index in [1.165, 1.54) is 5.56 Å². The summed E-state index contributed by atoms with van der Waals surface area (Å²) in [4.78, 5) is 8.89. The molecule has 0 atom stereocenters. The van der Waals surface area contributed by atoms with Crippen molar-refractivity contribution in [2.45, 2.75) is 36.7 Å². The van der Waals surface area contributed by atoms with Crippen LogP contribution in [0.2, 0.25) is 0 Å². The first kappa shape index (κ1) is 15.1. The van der Waals surface area contributed by atoms with Gasteiger partial charge in [-0.25, -0.2) is 4.98 Å². The van der Waals surface area contributed by atoms with Crippen LogP contribution in [0.3, 0.4) is 0 Å². The number of aromatic nitrogens is 5. The van der Waals surface area contributed by atoms with E-state index >= 15 is 0 Å². The number of thioether (sulfide) groups is 1. The van der Waals surface area contributed by atoms with E-state index < -0.39 is 0 Å². The average Bonchev–Trinajstić information content (AvgIpc) is 3.24. The summed E-state index contributed by atoms with van der Waals surface area (Å²) < 4.78 is 2.19. The molecule has 7 heteroatoms. The maximum Gasteiger partial charge on any atom is 0.152 e. The zero-order chi connectivity index (χ0) is 16.2. The largest absolute Gasteiger partial charge is 0.361 e. The molecule has 24 heavy (non-hydrogen) atoms. The van der Waals surface area contributed by atoms with Gasteiger partial charge in [0, 0.05) is 18.7 Å². The third-order valence-corrected chi connectivity index (χ3v) is 4.93. The highest BCUT2D eigenvalue weighted by Gasteiger charge is 2.16. The first-order chi connectivity index (χ1) is 11.9. The molecule has 0 saturated heterocycles. The Bertz CT molecular complexity index is 817. The summed E-state index contributed by atoms with van der Waals surface area (Å²) in [6.07, 6.45) is 5.73. The molecule has 0 aliphatic carbocycles. The first-order valence-corrected chi connectivity index (χ1v) is 9.00. The van der Waals surface area contributed by atoms with E-state index in [0.29, 0.717) is 6.54 Å². The van der Waals surface area contributed by atoms with E-state index in [1.807, 2.05) is 6.07 Å². The van der Waals surface area contributed by atoms with E-state index in [9.17, 15) is 0 Å². The topological polar surface area (TPSA) is 68.5 Å². The third-order valence-electron chi connectivity index (χ3n) is 3.96. The SMILES string of the molecule is c1ccc(CSc2cncc(NCc3nnc4n3CCC4)n2)cc1. The summed E-state index contributed by atoms with van der Waals surface area (Å²) in [5, 5.41) is 12.7. The number of hydrogen-bond donors (Lipinski definition) is 1. The van der Waals surface area contributed by atoms with Crippen LogP contribution in [0, 0.1) is 0 Å². The van der Waals surface area contributed by atoms with Gasteiger partial charge >= 0.3 is 0 Å². The normalized spacial score (nSPS) is 13.0. The van der Waals surface area contributed by atoms with Gasteiger partial charge in [0.1, 0.15) is 16.7 Å². The summed E-state index contributed by atoms with van der Waals surface area (Å²) in [5.74, 6) is 3.71. The van der Waals surface area contributed by atoms with E-state index in [0.717, 1.165) is 47.6 Å². The van der Waals surface area contributed by atoms with Crippen molar-refractivity contribution in [1.82, 2.24) is 24.7 Å². The summed E-state index contributed by atoms with van der Waals surface area (Å²) in [6, 6.07) is 10.4. The van der Waals surface area contributed by atoms with Crippen molar-refractivity contribution in [3.63, 3.8) is 0 Å². The van der Waals surface area contributed by atoms with Crippen LogP contribution in [0.15, 0.2) is 47.8 Å². The predicted molar refractivity (Wildman–Crippen MR) is 93.7 cm³/mol. The smallest absolute Gasteiger partial charge is 0.152 e. The second kappa shape index (κ2) is 7.00. The monoisotopic (exact) mass is 338 g/mol. The second-order valence-corrected chi connectivity index (χ2v) is 6.65. The minimum atomic E-state index is 0.620. The Morgan fingerprint density at radius 3 is 2.96 bits per heavy atom. The molecular formula is C17H18N6S. The van der Waals surface area contributed by atoms with Crippen LogP contribution in [-0.2, 0) is 25.3 Å². The number of fused-ring (bicyclic) bond motifs is 1. The lowest BCUT2D eigenvalue weighted by molar-refractivity contribution is 0.695. The van der Waals surface area contributed by atoms with Crippen LogP contribution in [0.5, 0.6) is 0 Å². The molecule has 4 rings (SSSR count). The Balaban J connectivity index is 1.37. The van der Waals surface area contributed by atoms with Crippen molar-refractivity contribution in [3.05, 3.63) is 59.9 Å². The number of benzene rings is 1. The van der Waals surface area contributed by atoms with Gasteiger partial charge in [-0.1, -0.05) is 30.3 Å². The summed E-state index contributed by atoms with van der Waals surface area (Å²) >= 11 is 1.68. The van der Waals surface area contributed by atoms with E-state index in [2.05, 4.69) is 54.3 Å². The Hall–Kier alpha value is -2.41. The van der Waals surface area contributed by atoms with Gasteiger partial charge in [0.05, 0.1) is 18.9 Å². The highest BCUT2D eigenvalue weighted by atomic mass is 32.2. The highest BCUT2D eigenvalue weighted by molar-refractivity contribution is 7.98. The molecular weight excluding hydrogens is 320 g/mol. The van der Waals surface area contributed by atoms with Crippen molar-refractivity contribution in [2.24, 2.45) is 0 Å². The molecule has 1 aromatic carbocycles. The van der Waals surface area contributed by atoms with Gasteiger partial charge in [-0.15, -0.1) is 22.0 Å². The molecule has 0 saturated carbocycles. The van der Waals surface area contributed by atoms with Gasteiger partial charge in [0.2, 0.25) is 0 Å². The molecule has 122 valence electrons. The Kier molecular flexibility index (Phi) is 4.42. The van der Waals surface area contributed by atoms with Crippen LogP contribution in [-0.4, -0.2) is 24.7 Å². The van der Waals surface area contributed by atoms with Crippen LogP contribution in [0.25, 0.3) is 0 Å². The van der Waals surface area contributed by atoms with E-state index in [1.54, 1.807) is 24.2 Å². The van der Waals surface area contributed by atoms with E-state index in [-0.39, 0.29) is 0 Å². The van der Waals surface area contributed by atoms with Crippen molar-refractivity contribution >= 4 is 17.6 Å². The Labute approximate surface area is 144 Å². The molecule has 1 N–H and O–H groups in total. The number of rotatable bonds is 6. The highest BCUT2D eigenvalue weighted by Crippen LogP contribution is 2.21. The van der Waals surface area contributed by atoms with Crippen molar-refractivity contribution in [2.75, 3.05) is 5.32 Å². The lowest BCUT2D eigenvalue weighted by Crippen LogP contribution is -2.08. The summed E-state index contributed by atoms with van der Waals surface area (Å²) in [7, 11) is 0. The lowest BCUT2D eigenvalue weighted by atomic mass is 10.2. The van der Waals surface area contributed by atoms with Crippen molar-refractivity contribution in [1.29, 1.82) is 0 Å². The molecule has 1 aliphatic heterocycles. The van der Waals surface area contributed by atoms with Gasteiger partial charge in [-0.3, -0.25) is 4.98 Å². The fraction of sp³-hybridized carbons (Fsp3) is 0.294. The van der Waals surface area contributed by atoms with Gasteiger partial charge in [0.25, 0.3) is 0 Å². The molecule has 1 aliphatic rings. The Morgan fingerprint density at radius 1 is 1.12 bits per heavy atom. The maximum absolute atomic E-state index is 4.61. The predicted octanol–water partition coefficient (Wildman–Crippen LogP) is 2.92. The molecule has 0 amide bonds. The van der Waals surface area contributed by atoms with Gasteiger partial charge in [-0.05, 0) is 12.0 Å². The van der Waals surface area contributed by atoms with Crippen molar-refractivity contribution in [3.8, 4) is 0 Å². The Morgan fingerprint density at radius 2 is 2.04 bits per heavy atom. The zero-order valence-electron chi connectivity index (χ0n) is 13.2. The zero-order valence-corrected chi connectivity index (χ0v) is 14.0. The first-order valence-electron chi connectivity index (χ1n) is 8.02. The molecule has 0 spiro atoms. The fourth-order valence-corrected chi connectivity index (χ4v) is 3.55. The van der Waals surface area contributed by atoms with Gasteiger partial charge in [0.15, 0.2) is 5.82 Å². The molecule has 0 unspecified atom stereocenters. The van der Waals surface area contributed by atoms with E-state index in [4.69, 9.17) is 0 Å². The van der Waals surface area contributed by atoms with Crippen LogP contribution in [0.1, 0.15) is 23.6 Å². The molecule has 0 bridgehead atoms. The number of anilines is 1. The van der Waals surface area contributed by atoms with Crippen molar-refractivity contribution < 1.29 is 0 Å². The number of nitrogens with one attached hydrogen (secondary N) is 1. The van der Waals surface area contributed by atoms with Gasteiger partial charge < -0.3 is 9.88 Å². The minimum Gasteiger partial charge on any atom is -0.361 e. The number of hydrogen-bond acceptors (Lipinski definition) is 6. The third kappa shape index (κ3) is 3.41. The maximum atomic E-state index is 4.61. The number of nitrogens with zero attached hydrogens (tertiary/aromatic N) is 5. The second-order valence-electron chi connectivity index (χ2n) is 5.66. The van der Waals surface area contributed by atoms with Crippen LogP contribution in [0.4, 0.5) is 5.82 Å². The molecule has 3 heterocycles. The number of aryl methyl sites for hydroxylation is 1. The molecule has 6 nitrogen and oxygen atoms in total. The lowest BCUT2D eigenvalue weighted by Gasteiger charge is -2.07. The molecule has 2 aromatic heterocycles. The summed E-state index contributed by atoms with van der Waals surface area (Å²) in [6.45, 7) is 1.63. The fourth-order valence-electron chi connectivity index (χ4n) is 2.75. The van der Waals surface area contributed by atoms with Crippen LogP contribution >= 0.6 is 11.8 Å². The molecule has 0 fully saturated rings.